The fourth-order valence-corrected chi connectivity index (χ4v) is 7.40. The molecule has 0 saturated heterocycles. The number of ether oxygens (including phenoxy) is 2. The molecular weight excluding hydrogens is 496 g/mol. The van der Waals surface area contributed by atoms with Crippen LogP contribution in [0.25, 0.3) is 0 Å². The van der Waals surface area contributed by atoms with Crippen LogP contribution in [0, 0.1) is 46.3 Å². The summed E-state index contributed by atoms with van der Waals surface area (Å²) < 4.78 is 11.6. The minimum Gasteiger partial charge on any atom is -0.461 e. The lowest BCUT2D eigenvalue weighted by Gasteiger charge is -2.43. The predicted octanol–water partition coefficient (Wildman–Crippen LogP) is 8.80. The quantitative estimate of drug-likeness (QED) is 0.190. The Morgan fingerprint density at radius 2 is 1.23 bits per heavy atom. The van der Waals surface area contributed by atoms with Gasteiger partial charge in [0.15, 0.2) is 0 Å². The molecule has 0 radical (unpaired) electrons. The maximum atomic E-state index is 13.2. The normalized spacial score (nSPS) is 36.1. The third-order valence-electron chi connectivity index (χ3n) is 11.0. The van der Waals surface area contributed by atoms with Crippen molar-refractivity contribution in [2.75, 3.05) is 13.2 Å². The molecule has 0 aliphatic heterocycles. The highest BCUT2D eigenvalue weighted by Crippen LogP contribution is 2.49. The van der Waals surface area contributed by atoms with E-state index in [1.54, 1.807) is 0 Å². The predicted molar refractivity (Wildman–Crippen MR) is 164 cm³/mol. The Morgan fingerprint density at radius 1 is 0.775 bits per heavy atom. The third kappa shape index (κ3) is 7.28. The van der Waals surface area contributed by atoms with Gasteiger partial charge in [-0.2, -0.15) is 0 Å². The van der Waals surface area contributed by atoms with Gasteiger partial charge in [-0.15, -0.1) is 13.2 Å². The van der Waals surface area contributed by atoms with Crippen molar-refractivity contribution in [1.29, 1.82) is 0 Å². The van der Waals surface area contributed by atoms with E-state index >= 15 is 0 Å². The minimum atomic E-state index is -0.455. The Morgan fingerprint density at radius 3 is 1.65 bits per heavy atom. The summed E-state index contributed by atoms with van der Waals surface area (Å²) in [7, 11) is 0. The molecule has 0 unspecified atom stereocenters. The second-order valence-electron chi connectivity index (χ2n) is 13.7. The number of carbonyl (C=O) groups excluding carboxylic acids is 2. The molecule has 3 aliphatic rings. The zero-order valence-electron chi connectivity index (χ0n) is 25.8. The topological polar surface area (TPSA) is 52.6 Å². The monoisotopic (exact) mass is 550 g/mol. The van der Waals surface area contributed by atoms with Gasteiger partial charge in [-0.05, 0) is 104 Å². The molecule has 3 rings (SSSR count). The summed E-state index contributed by atoms with van der Waals surface area (Å²) in [5.74, 6) is -0.00949. The molecule has 222 valence electrons. The fraction of sp³-hybridized carbons (Fsp3) is 0.667. The van der Waals surface area contributed by atoms with Crippen LogP contribution in [0.15, 0.2) is 61.8 Å². The molecule has 4 nitrogen and oxygen atoms in total. The minimum absolute atomic E-state index is 0.0433. The first kappa shape index (κ1) is 32.2. The van der Waals surface area contributed by atoms with Gasteiger partial charge in [0.1, 0.15) is 13.2 Å². The molecule has 8 atom stereocenters. The number of allylic oxidation sites excluding steroid dienone is 3. The van der Waals surface area contributed by atoms with Crippen LogP contribution >= 0.6 is 0 Å². The highest BCUT2D eigenvalue weighted by atomic mass is 16.5. The van der Waals surface area contributed by atoms with Crippen LogP contribution in [0.2, 0.25) is 0 Å². The molecule has 4 heteroatoms. The standard InChI is InChI=1S/C36H54O4/c1-10-35(8)18-16-28(20-27(35)7)25(5)22-39-33(37)30-14-12-13-15-31(30)34(38)40-23-26(6)29-17-19-36(9,11-2)32(21-29)24(3)4/h10-11,27-32H,1-3,5-6,12-23H2,4,7-9H3/t27-,28-,29-,30-,31+,32+,35-,36-/m1/s1. The second-order valence-corrected chi connectivity index (χ2v) is 13.7. The van der Waals surface area contributed by atoms with Crippen molar-refractivity contribution in [3.63, 3.8) is 0 Å². The lowest BCUT2D eigenvalue weighted by atomic mass is 9.61. The lowest BCUT2D eigenvalue weighted by molar-refractivity contribution is -0.162. The third-order valence-corrected chi connectivity index (χ3v) is 11.0. The Bertz CT molecular complexity index is 1010. The smallest absolute Gasteiger partial charge is 0.310 e. The van der Waals surface area contributed by atoms with Crippen molar-refractivity contribution in [3.8, 4) is 0 Å². The molecule has 0 aromatic carbocycles. The zero-order valence-corrected chi connectivity index (χ0v) is 25.8. The molecule has 0 aromatic rings. The van der Waals surface area contributed by atoms with E-state index in [0.717, 1.165) is 68.1 Å². The molecule has 3 aliphatic carbocycles. The zero-order chi connectivity index (χ0) is 29.7. The van der Waals surface area contributed by atoms with Crippen molar-refractivity contribution in [3.05, 3.63) is 61.8 Å². The van der Waals surface area contributed by atoms with Gasteiger partial charge in [0.2, 0.25) is 0 Å². The van der Waals surface area contributed by atoms with E-state index in [4.69, 9.17) is 9.47 Å². The summed E-state index contributed by atoms with van der Waals surface area (Å²) in [5.41, 5.74) is 3.29. The summed E-state index contributed by atoms with van der Waals surface area (Å²) in [6.07, 6.45) is 13.4. The number of hydrogen-bond donors (Lipinski definition) is 0. The van der Waals surface area contributed by atoms with Crippen LogP contribution in [0.1, 0.15) is 91.9 Å². The van der Waals surface area contributed by atoms with E-state index in [1.807, 2.05) is 0 Å². The van der Waals surface area contributed by atoms with Crippen molar-refractivity contribution in [2.24, 2.45) is 46.3 Å². The van der Waals surface area contributed by atoms with E-state index in [2.05, 4.69) is 72.7 Å². The van der Waals surface area contributed by atoms with Gasteiger partial charge in [0.25, 0.3) is 0 Å². The van der Waals surface area contributed by atoms with Gasteiger partial charge in [0.05, 0.1) is 11.8 Å². The first-order chi connectivity index (χ1) is 18.8. The summed E-state index contributed by atoms with van der Waals surface area (Å²) in [5, 5.41) is 0. The molecule has 3 fully saturated rings. The maximum Gasteiger partial charge on any atom is 0.310 e. The highest BCUT2D eigenvalue weighted by Gasteiger charge is 2.41. The molecule has 0 amide bonds. The van der Waals surface area contributed by atoms with Crippen molar-refractivity contribution < 1.29 is 19.1 Å². The van der Waals surface area contributed by atoms with Crippen LogP contribution < -0.4 is 0 Å². The summed E-state index contributed by atoms with van der Waals surface area (Å²) in [6, 6.07) is 0. The first-order valence-electron chi connectivity index (χ1n) is 15.5. The maximum absolute atomic E-state index is 13.2. The lowest BCUT2D eigenvalue weighted by Crippen LogP contribution is -2.37. The van der Waals surface area contributed by atoms with E-state index in [9.17, 15) is 9.59 Å². The van der Waals surface area contributed by atoms with Crippen LogP contribution in [-0.4, -0.2) is 25.2 Å². The van der Waals surface area contributed by atoms with Gasteiger partial charge < -0.3 is 9.47 Å². The van der Waals surface area contributed by atoms with E-state index in [1.165, 1.54) is 0 Å². The van der Waals surface area contributed by atoms with Crippen LogP contribution in [0.3, 0.4) is 0 Å². The number of esters is 2. The molecular formula is C36H54O4. The highest BCUT2D eigenvalue weighted by molar-refractivity contribution is 5.82. The average Bonchev–Trinajstić information content (AvgIpc) is 2.95. The Hall–Kier alpha value is -2.36. The van der Waals surface area contributed by atoms with E-state index in [0.29, 0.717) is 30.6 Å². The Balaban J connectivity index is 1.51. The SMILES string of the molecule is C=C[C@]1(C)CC[C@@H](C(=C)COC(=O)[C@@H]2CCCC[C@@H]2C(=O)OCC(=C)[C@@H]2CC[C@@](C)(C=C)[C@H](C(=C)C)C2)C[C@H]1C. The molecule has 0 N–H and O–H groups in total. The van der Waals surface area contributed by atoms with Crippen molar-refractivity contribution in [2.45, 2.75) is 91.9 Å². The molecule has 0 aromatic heterocycles. The van der Waals surface area contributed by atoms with Gasteiger partial charge in [0, 0.05) is 0 Å². The average molecular weight is 551 g/mol. The van der Waals surface area contributed by atoms with Gasteiger partial charge in [-0.1, -0.05) is 71.1 Å². The molecule has 0 bridgehead atoms. The van der Waals surface area contributed by atoms with Gasteiger partial charge in [-0.25, -0.2) is 0 Å². The van der Waals surface area contributed by atoms with Crippen LogP contribution in [0.4, 0.5) is 0 Å². The van der Waals surface area contributed by atoms with E-state index < -0.39 is 11.8 Å². The summed E-state index contributed by atoms with van der Waals surface area (Å²) in [6.45, 7) is 30.2. The van der Waals surface area contributed by atoms with E-state index in [-0.39, 0.29) is 41.9 Å². The van der Waals surface area contributed by atoms with Gasteiger partial charge in [-0.3, -0.25) is 9.59 Å². The van der Waals surface area contributed by atoms with Crippen LogP contribution in [0.5, 0.6) is 0 Å². The fourth-order valence-electron chi connectivity index (χ4n) is 7.40. The summed E-state index contributed by atoms with van der Waals surface area (Å²) in [4.78, 5) is 26.4. The second kappa shape index (κ2) is 13.5. The molecule has 3 saturated carbocycles. The first-order valence-corrected chi connectivity index (χ1v) is 15.5. The Kier molecular flexibility index (Phi) is 10.9. The number of hydrogen-bond acceptors (Lipinski definition) is 4. The van der Waals surface area contributed by atoms with Crippen LogP contribution in [-0.2, 0) is 19.1 Å². The van der Waals surface area contributed by atoms with Crippen molar-refractivity contribution in [1.82, 2.24) is 0 Å². The Labute approximate surface area is 244 Å². The number of carbonyl (C=O) groups is 2. The van der Waals surface area contributed by atoms with Crippen molar-refractivity contribution >= 4 is 11.9 Å². The molecule has 40 heavy (non-hydrogen) atoms. The largest absolute Gasteiger partial charge is 0.461 e. The molecule has 0 heterocycles. The number of rotatable bonds is 11. The van der Waals surface area contributed by atoms with Gasteiger partial charge >= 0.3 is 11.9 Å². The molecule has 0 spiro atoms. The summed E-state index contributed by atoms with van der Waals surface area (Å²) >= 11 is 0.